The van der Waals surface area contributed by atoms with Crippen LogP contribution >= 0.6 is 0 Å². The van der Waals surface area contributed by atoms with Gasteiger partial charge >= 0.3 is 0 Å². The lowest BCUT2D eigenvalue weighted by Crippen LogP contribution is -2.46. The van der Waals surface area contributed by atoms with Crippen LogP contribution in [0, 0.1) is 0 Å². The number of benzene rings is 1. The Hall–Kier alpha value is -1.55. The van der Waals surface area contributed by atoms with E-state index in [0.717, 1.165) is 25.2 Å². The molecule has 3 N–H and O–H groups in total. The molecule has 1 amide bonds. The van der Waals surface area contributed by atoms with Crippen molar-refractivity contribution < 1.29 is 4.79 Å². The standard InChI is InChI=1S/C15H23N3O/c1-2-14(18-9-4-3-5-10-18)15(19)17-13-8-6-7-12(16)11-13/h6-8,11,14H,2-5,9-10,16H2,1H3,(H,17,19). The molecule has 1 aromatic rings. The highest BCUT2D eigenvalue weighted by Gasteiger charge is 2.25. The zero-order chi connectivity index (χ0) is 13.7. The molecule has 1 heterocycles. The van der Waals surface area contributed by atoms with E-state index in [1.807, 2.05) is 18.2 Å². The Bertz CT molecular complexity index is 427. The van der Waals surface area contributed by atoms with Gasteiger partial charge in [0, 0.05) is 11.4 Å². The van der Waals surface area contributed by atoms with E-state index in [2.05, 4.69) is 17.1 Å². The Morgan fingerprint density at radius 3 is 2.74 bits per heavy atom. The van der Waals surface area contributed by atoms with Crippen LogP contribution in [0.4, 0.5) is 11.4 Å². The van der Waals surface area contributed by atoms with Crippen molar-refractivity contribution in [3.63, 3.8) is 0 Å². The highest BCUT2D eigenvalue weighted by Crippen LogP contribution is 2.17. The van der Waals surface area contributed by atoms with Crippen LogP contribution < -0.4 is 11.1 Å². The number of nitrogens with two attached hydrogens (primary N) is 1. The van der Waals surface area contributed by atoms with E-state index < -0.39 is 0 Å². The number of rotatable bonds is 4. The number of anilines is 2. The molecule has 0 aromatic heterocycles. The van der Waals surface area contributed by atoms with Crippen LogP contribution in [0.3, 0.4) is 0 Å². The minimum atomic E-state index is -0.0262. The maximum atomic E-state index is 12.4. The van der Waals surface area contributed by atoms with Gasteiger partial charge in [-0.25, -0.2) is 0 Å². The summed E-state index contributed by atoms with van der Waals surface area (Å²) in [7, 11) is 0. The molecular weight excluding hydrogens is 238 g/mol. The van der Waals surface area contributed by atoms with Crippen molar-refractivity contribution in [3.05, 3.63) is 24.3 Å². The van der Waals surface area contributed by atoms with Crippen molar-refractivity contribution >= 4 is 17.3 Å². The molecule has 1 fully saturated rings. The summed E-state index contributed by atoms with van der Waals surface area (Å²) in [5.74, 6) is 0.0787. The number of nitrogen functional groups attached to an aromatic ring is 1. The predicted octanol–water partition coefficient (Wildman–Crippen LogP) is 2.47. The van der Waals surface area contributed by atoms with Crippen LogP contribution in [0.15, 0.2) is 24.3 Å². The van der Waals surface area contributed by atoms with Gasteiger partial charge in [-0.2, -0.15) is 0 Å². The van der Waals surface area contributed by atoms with Gasteiger partial charge in [0.2, 0.25) is 5.91 Å². The second-order valence-electron chi connectivity index (χ2n) is 5.14. The van der Waals surface area contributed by atoms with Crippen LogP contribution in [0.5, 0.6) is 0 Å². The molecular formula is C15H23N3O. The van der Waals surface area contributed by atoms with Crippen molar-refractivity contribution in [1.82, 2.24) is 4.90 Å². The normalized spacial score (nSPS) is 17.9. The average Bonchev–Trinajstić information content (AvgIpc) is 2.41. The maximum Gasteiger partial charge on any atom is 0.241 e. The number of hydrogen-bond donors (Lipinski definition) is 2. The fourth-order valence-electron chi connectivity index (χ4n) is 2.68. The first-order valence-corrected chi connectivity index (χ1v) is 7.11. The SMILES string of the molecule is CCC(C(=O)Nc1cccc(N)c1)N1CCCCC1. The van der Waals surface area contributed by atoms with Gasteiger partial charge in [0.05, 0.1) is 6.04 Å². The van der Waals surface area contributed by atoms with Gasteiger partial charge in [-0.05, 0) is 50.6 Å². The Labute approximate surface area is 115 Å². The van der Waals surface area contributed by atoms with E-state index >= 15 is 0 Å². The fraction of sp³-hybridized carbons (Fsp3) is 0.533. The molecule has 2 rings (SSSR count). The molecule has 19 heavy (non-hydrogen) atoms. The minimum Gasteiger partial charge on any atom is -0.399 e. The van der Waals surface area contributed by atoms with Crippen LogP contribution in [-0.4, -0.2) is 29.9 Å². The van der Waals surface area contributed by atoms with E-state index in [4.69, 9.17) is 5.73 Å². The monoisotopic (exact) mass is 261 g/mol. The van der Waals surface area contributed by atoms with Gasteiger partial charge in [0.15, 0.2) is 0 Å². The van der Waals surface area contributed by atoms with Gasteiger partial charge in [-0.15, -0.1) is 0 Å². The van der Waals surface area contributed by atoms with Gasteiger partial charge < -0.3 is 11.1 Å². The van der Waals surface area contributed by atoms with E-state index in [1.54, 1.807) is 6.07 Å². The second kappa shape index (κ2) is 6.57. The fourth-order valence-corrected chi connectivity index (χ4v) is 2.68. The van der Waals surface area contributed by atoms with Crippen molar-refractivity contribution in [1.29, 1.82) is 0 Å². The molecule has 1 aromatic carbocycles. The average molecular weight is 261 g/mol. The lowest BCUT2D eigenvalue weighted by Gasteiger charge is -2.33. The summed E-state index contributed by atoms with van der Waals surface area (Å²) in [6.07, 6.45) is 4.52. The molecule has 0 spiro atoms. The lowest BCUT2D eigenvalue weighted by atomic mass is 10.1. The van der Waals surface area contributed by atoms with Gasteiger partial charge in [-0.1, -0.05) is 19.4 Å². The summed E-state index contributed by atoms with van der Waals surface area (Å²) in [6.45, 7) is 4.13. The molecule has 1 saturated heterocycles. The van der Waals surface area contributed by atoms with Gasteiger partial charge in [0.25, 0.3) is 0 Å². The Kier molecular flexibility index (Phi) is 4.80. The van der Waals surface area contributed by atoms with Gasteiger partial charge in [0.1, 0.15) is 0 Å². The third-order valence-corrected chi connectivity index (χ3v) is 3.67. The molecule has 0 aliphatic carbocycles. The summed E-state index contributed by atoms with van der Waals surface area (Å²) >= 11 is 0. The van der Waals surface area contributed by atoms with Crippen LogP contribution in [0.25, 0.3) is 0 Å². The number of carbonyl (C=O) groups excluding carboxylic acids is 1. The molecule has 104 valence electrons. The molecule has 1 unspecified atom stereocenters. The number of nitrogens with zero attached hydrogens (tertiary/aromatic N) is 1. The summed E-state index contributed by atoms with van der Waals surface area (Å²) in [5.41, 5.74) is 7.17. The topological polar surface area (TPSA) is 58.4 Å². The second-order valence-corrected chi connectivity index (χ2v) is 5.14. The van der Waals surface area contributed by atoms with Crippen LogP contribution in [0.1, 0.15) is 32.6 Å². The minimum absolute atomic E-state index is 0.0262. The molecule has 1 atom stereocenters. The molecule has 0 saturated carbocycles. The lowest BCUT2D eigenvalue weighted by molar-refractivity contribution is -0.121. The summed E-state index contributed by atoms with van der Waals surface area (Å²) in [5, 5.41) is 2.97. The molecule has 0 bridgehead atoms. The summed E-state index contributed by atoms with van der Waals surface area (Å²) in [4.78, 5) is 14.7. The van der Waals surface area contributed by atoms with E-state index in [9.17, 15) is 4.79 Å². The van der Waals surface area contributed by atoms with E-state index in [-0.39, 0.29) is 11.9 Å². The molecule has 4 heteroatoms. The number of amides is 1. The first kappa shape index (κ1) is 13.9. The van der Waals surface area contributed by atoms with E-state index in [0.29, 0.717) is 5.69 Å². The maximum absolute atomic E-state index is 12.4. The predicted molar refractivity (Wildman–Crippen MR) is 79.0 cm³/mol. The van der Waals surface area contributed by atoms with Gasteiger partial charge in [-0.3, -0.25) is 9.69 Å². The van der Waals surface area contributed by atoms with Crippen molar-refractivity contribution in [3.8, 4) is 0 Å². The highest BCUT2D eigenvalue weighted by atomic mass is 16.2. The van der Waals surface area contributed by atoms with Crippen molar-refractivity contribution in [2.24, 2.45) is 0 Å². The Morgan fingerprint density at radius 2 is 2.11 bits per heavy atom. The Balaban J connectivity index is 2.00. The number of hydrogen-bond acceptors (Lipinski definition) is 3. The highest BCUT2D eigenvalue weighted by molar-refractivity contribution is 5.95. The molecule has 1 aliphatic heterocycles. The first-order chi connectivity index (χ1) is 9.20. The number of carbonyl (C=O) groups is 1. The number of likely N-dealkylation sites (tertiary alicyclic amines) is 1. The molecule has 4 nitrogen and oxygen atoms in total. The van der Waals surface area contributed by atoms with Crippen LogP contribution in [0.2, 0.25) is 0 Å². The smallest absolute Gasteiger partial charge is 0.241 e. The molecule has 0 radical (unpaired) electrons. The van der Waals surface area contributed by atoms with Crippen LogP contribution in [-0.2, 0) is 4.79 Å². The third kappa shape index (κ3) is 3.70. The summed E-state index contributed by atoms with van der Waals surface area (Å²) in [6, 6.07) is 7.31. The van der Waals surface area contributed by atoms with E-state index in [1.165, 1.54) is 19.3 Å². The number of piperidine rings is 1. The Morgan fingerprint density at radius 1 is 1.37 bits per heavy atom. The van der Waals surface area contributed by atoms with Crippen molar-refractivity contribution in [2.45, 2.75) is 38.6 Å². The van der Waals surface area contributed by atoms with Crippen molar-refractivity contribution in [2.75, 3.05) is 24.1 Å². The third-order valence-electron chi connectivity index (χ3n) is 3.67. The largest absolute Gasteiger partial charge is 0.399 e. The number of nitrogens with one attached hydrogen (secondary N) is 1. The molecule has 1 aliphatic rings. The zero-order valence-corrected chi connectivity index (χ0v) is 11.6. The first-order valence-electron chi connectivity index (χ1n) is 7.11. The quantitative estimate of drug-likeness (QED) is 0.819. The zero-order valence-electron chi connectivity index (χ0n) is 11.6. The summed E-state index contributed by atoms with van der Waals surface area (Å²) < 4.78 is 0.